The molecule has 132 valence electrons. The van der Waals surface area contributed by atoms with Crippen LogP contribution in [0.25, 0.3) is 0 Å². The summed E-state index contributed by atoms with van der Waals surface area (Å²) in [5, 5.41) is 12.7. The lowest BCUT2D eigenvalue weighted by atomic mass is 9.97. The number of amides is 2. The maximum Gasteiger partial charge on any atom is 0.270 e. The van der Waals surface area contributed by atoms with Crippen LogP contribution in [0.15, 0.2) is 11.2 Å². The molecule has 3 aliphatic rings. The molecule has 0 saturated carbocycles. The maximum atomic E-state index is 12.5. The van der Waals surface area contributed by atoms with Gasteiger partial charge in [0.2, 0.25) is 5.91 Å². The van der Waals surface area contributed by atoms with Gasteiger partial charge >= 0.3 is 0 Å². The van der Waals surface area contributed by atoms with E-state index in [1.807, 2.05) is 0 Å². The monoisotopic (exact) mass is 342 g/mol. The molecule has 1 N–H and O–H groups in total. The molecule has 1 aliphatic carbocycles. The fourth-order valence-electron chi connectivity index (χ4n) is 3.58. The topological polar surface area (TPSA) is 90.8 Å². The molecule has 0 aromatic carbocycles. The van der Waals surface area contributed by atoms with E-state index in [9.17, 15) is 9.59 Å². The van der Waals surface area contributed by atoms with Crippen LogP contribution in [-0.2, 0) is 22.4 Å². The summed E-state index contributed by atoms with van der Waals surface area (Å²) >= 11 is 0. The Morgan fingerprint density at radius 2 is 1.80 bits per heavy atom. The Bertz CT molecular complexity index is 724. The molecule has 1 aromatic heterocycles. The standard InChI is InChI=1S/C17H22N6O2/c24-16-6-5-14(19-21-16)17(25)23-9-7-22(8-10-23)15-11-12-3-1-2-4-13(12)18-20-15/h11H,1-10H2,(H,21,24). The number of aromatic nitrogens is 2. The summed E-state index contributed by atoms with van der Waals surface area (Å²) in [6, 6.07) is 2.17. The van der Waals surface area contributed by atoms with E-state index in [2.05, 4.69) is 31.7 Å². The maximum absolute atomic E-state index is 12.5. The average Bonchev–Trinajstić information content (AvgIpc) is 2.68. The molecule has 8 nitrogen and oxygen atoms in total. The molecule has 0 atom stereocenters. The number of hydrazone groups is 1. The Balaban J connectivity index is 1.38. The Hall–Kier alpha value is -2.51. The van der Waals surface area contributed by atoms with Crippen LogP contribution < -0.4 is 10.3 Å². The molecular formula is C17H22N6O2. The number of rotatable bonds is 2. The molecule has 0 bridgehead atoms. The number of anilines is 1. The van der Waals surface area contributed by atoms with Gasteiger partial charge in [-0.1, -0.05) is 0 Å². The van der Waals surface area contributed by atoms with Crippen LogP contribution in [0.1, 0.15) is 36.9 Å². The zero-order chi connectivity index (χ0) is 17.2. The SMILES string of the molecule is O=C1CCC(C(=O)N2CCN(c3cc4c(nn3)CCCC4)CC2)=NN1. The van der Waals surface area contributed by atoms with Gasteiger partial charge in [-0.2, -0.15) is 10.2 Å². The first kappa shape index (κ1) is 16.0. The van der Waals surface area contributed by atoms with Crippen molar-refractivity contribution in [1.82, 2.24) is 20.5 Å². The van der Waals surface area contributed by atoms with E-state index in [-0.39, 0.29) is 11.8 Å². The number of hydrogen-bond acceptors (Lipinski definition) is 6. The average molecular weight is 342 g/mol. The van der Waals surface area contributed by atoms with Gasteiger partial charge in [-0.05, 0) is 37.3 Å². The second-order valence-electron chi connectivity index (χ2n) is 6.75. The molecule has 8 heteroatoms. The fourth-order valence-corrected chi connectivity index (χ4v) is 3.58. The van der Waals surface area contributed by atoms with Crippen LogP contribution in [-0.4, -0.2) is 58.8 Å². The van der Waals surface area contributed by atoms with Crippen LogP contribution >= 0.6 is 0 Å². The number of nitrogens with zero attached hydrogens (tertiary/aromatic N) is 5. The minimum Gasteiger partial charge on any atom is -0.352 e. The largest absolute Gasteiger partial charge is 0.352 e. The first-order valence-electron chi connectivity index (χ1n) is 8.96. The molecule has 4 rings (SSSR count). The van der Waals surface area contributed by atoms with Crippen LogP contribution in [0.4, 0.5) is 5.82 Å². The molecule has 0 spiro atoms. The summed E-state index contributed by atoms with van der Waals surface area (Å²) in [5.41, 5.74) is 5.30. The van der Waals surface area contributed by atoms with E-state index in [4.69, 9.17) is 0 Å². The molecule has 25 heavy (non-hydrogen) atoms. The third-order valence-corrected chi connectivity index (χ3v) is 5.10. The summed E-state index contributed by atoms with van der Waals surface area (Å²) in [6.45, 7) is 2.73. The summed E-state index contributed by atoms with van der Waals surface area (Å²) in [5.74, 6) is 0.707. The smallest absolute Gasteiger partial charge is 0.270 e. The molecule has 2 aliphatic heterocycles. The van der Waals surface area contributed by atoms with Crippen molar-refractivity contribution in [3.63, 3.8) is 0 Å². The van der Waals surface area contributed by atoms with E-state index in [0.717, 1.165) is 37.4 Å². The highest BCUT2D eigenvalue weighted by Gasteiger charge is 2.27. The van der Waals surface area contributed by atoms with Gasteiger partial charge in [0.1, 0.15) is 5.71 Å². The molecule has 2 amide bonds. The van der Waals surface area contributed by atoms with Crippen molar-refractivity contribution < 1.29 is 9.59 Å². The lowest BCUT2D eigenvalue weighted by Crippen LogP contribution is -2.51. The predicted molar refractivity (Wildman–Crippen MR) is 92.3 cm³/mol. The fraction of sp³-hybridized carbons (Fsp3) is 0.588. The molecule has 0 radical (unpaired) electrons. The van der Waals surface area contributed by atoms with Crippen molar-refractivity contribution in [2.75, 3.05) is 31.1 Å². The normalized spacial score (nSPS) is 20.6. The molecule has 1 saturated heterocycles. The zero-order valence-corrected chi connectivity index (χ0v) is 14.2. The van der Waals surface area contributed by atoms with E-state index in [0.29, 0.717) is 31.6 Å². The number of carbonyl (C=O) groups excluding carboxylic acids is 2. The molecular weight excluding hydrogens is 320 g/mol. The molecule has 0 unspecified atom stereocenters. The summed E-state index contributed by atoms with van der Waals surface area (Å²) in [7, 11) is 0. The van der Waals surface area contributed by atoms with Crippen molar-refractivity contribution in [2.24, 2.45) is 5.10 Å². The highest BCUT2D eigenvalue weighted by atomic mass is 16.2. The Kier molecular flexibility index (Phi) is 4.33. The number of fused-ring (bicyclic) bond motifs is 1. The highest BCUT2D eigenvalue weighted by Crippen LogP contribution is 2.23. The van der Waals surface area contributed by atoms with Crippen molar-refractivity contribution in [2.45, 2.75) is 38.5 Å². The second kappa shape index (κ2) is 6.78. The van der Waals surface area contributed by atoms with E-state index >= 15 is 0 Å². The molecule has 1 fully saturated rings. The van der Waals surface area contributed by atoms with E-state index in [1.54, 1.807) is 4.90 Å². The summed E-state index contributed by atoms with van der Waals surface area (Å²) in [6.07, 6.45) is 5.28. The minimum atomic E-state index is -0.132. The third-order valence-electron chi connectivity index (χ3n) is 5.10. The number of hydrogen-bond donors (Lipinski definition) is 1. The Morgan fingerprint density at radius 1 is 1.00 bits per heavy atom. The summed E-state index contributed by atoms with van der Waals surface area (Å²) < 4.78 is 0. The number of nitrogens with one attached hydrogen (secondary N) is 1. The predicted octanol–water partition coefficient (Wildman–Crippen LogP) is 0.270. The van der Waals surface area contributed by atoms with E-state index < -0.39 is 0 Å². The Labute approximate surface area is 146 Å². The van der Waals surface area contributed by atoms with Gasteiger partial charge in [-0.25, -0.2) is 5.43 Å². The Morgan fingerprint density at radius 3 is 2.56 bits per heavy atom. The third kappa shape index (κ3) is 3.33. The van der Waals surface area contributed by atoms with Crippen molar-refractivity contribution in [3.05, 3.63) is 17.3 Å². The number of carbonyl (C=O) groups is 2. The number of piperazine rings is 1. The van der Waals surface area contributed by atoms with Crippen LogP contribution in [0.2, 0.25) is 0 Å². The lowest BCUT2D eigenvalue weighted by Gasteiger charge is -2.35. The van der Waals surface area contributed by atoms with Gasteiger partial charge in [-0.15, -0.1) is 5.10 Å². The van der Waals surface area contributed by atoms with Gasteiger partial charge in [0.15, 0.2) is 5.82 Å². The zero-order valence-electron chi connectivity index (χ0n) is 14.2. The lowest BCUT2D eigenvalue weighted by molar-refractivity contribution is -0.124. The minimum absolute atomic E-state index is 0.0730. The molecule has 3 heterocycles. The first-order chi connectivity index (χ1) is 12.2. The van der Waals surface area contributed by atoms with Crippen LogP contribution in [0.3, 0.4) is 0 Å². The second-order valence-corrected chi connectivity index (χ2v) is 6.75. The summed E-state index contributed by atoms with van der Waals surface area (Å²) in [4.78, 5) is 27.6. The van der Waals surface area contributed by atoms with Crippen molar-refractivity contribution in [3.8, 4) is 0 Å². The highest BCUT2D eigenvalue weighted by molar-refractivity contribution is 6.39. The van der Waals surface area contributed by atoms with Gasteiger partial charge in [0, 0.05) is 39.0 Å². The van der Waals surface area contributed by atoms with Gasteiger partial charge in [0.25, 0.3) is 5.91 Å². The van der Waals surface area contributed by atoms with Gasteiger partial charge < -0.3 is 9.80 Å². The number of aryl methyl sites for hydroxylation is 2. The van der Waals surface area contributed by atoms with Crippen molar-refractivity contribution >= 4 is 23.3 Å². The van der Waals surface area contributed by atoms with Crippen molar-refractivity contribution in [1.29, 1.82) is 0 Å². The van der Waals surface area contributed by atoms with Gasteiger partial charge in [-0.3, -0.25) is 9.59 Å². The van der Waals surface area contributed by atoms with E-state index in [1.165, 1.54) is 18.4 Å². The van der Waals surface area contributed by atoms with Crippen LogP contribution in [0.5, 0.6) is 0 Å². The van der Waals surface area contributed by atoms with Crippen LogP contribution in [0, 0.1) is 0 Å². The van der Waals surface area contributed by atoms with Gasteiger partial charge in [0.05, 0.1) is 5.69 Å². The molecule has 1 aromatic rings. The quantitative estimate of drug-likeness (QED) is 0.833. The first-order valence-corrected chi connectivity index (χ1v) is 8.96.